The monoisotopic (exact) mass is 211 g/mol. The van der Waals surface area contributed by atoms with E-state index in [0.29, 0.717) is 0 Å². The summed E-state index contributed by atoms with van der Waals surface area (Å²) in [5, 5.41) is 0. The number of hydrogen-bond acceptors (Lipinski definition) is 0. The summed E-state index contributed by atoms with van der Waals surface area (Å²) in [7, 11) is 0. The topological polar surface area (TPSA) is 0 Å². The molecule has 0 fully saturated rings. The zero-order valence-corrected chi connectivity index (χ0v) is 9.47. The number of benzene rings is 2. The Balaban J connectivity index is 1.79. The van der Waals surface area contributed by atoms with E-state index in [1.807, 2.05) is 36.4 Å². The molecule has 0 spiro atoms. The van der Waals surface area contributed by atoms with Crippen molar-refractivity contribution in [2.24, 2.45) is 0 Å². The Labute approximate surface area is 99.4 Å². The van der Waals surface area contributed by atoms with E-state index in [9.17, 15) is 0 Å². The highest BCUT2D eigenvalue weighted by Crippen LogP contribution is 2.08. The van der Waals surface area contributed by atoms with Crippen LogP contribution in [-0.4, -0.2) is 0 Å². The minimum atomic E-state index is -0.0834. The van der Waals surface area contributed by atoms with Gasteiger partial charge in [0, 0.05) is 1.37 Å². The van der Waals surface area contributed by atoms with Crippen LogP contribution in [0.15, 0.2) is 60.7 Å². The molecule has 2 aromatic rings. The standard InChI is InChI=1S/C16H18/c1-3-9-15(10-4-1)13-7-8-14-16-11-5-2-6-12-16/h1-6,9-12H,7-8,13-14H2/i13D/t13-/m0/s1. The zero-order chi connectivity index (χ0) is 11.9. The van der Waals surface area contributed by atoms with Crippen LogP contribution < -0.4 is 0 Å². The van der Waals surface area contributed by atoms with Crippen LogP contribution in [0.25, 0.3) is 0 Å². The first kappa shape index (κ1) is 9.65. The van der Waals surface area contributed by atoms with E-state index in [-0.39, 0.29) is 6.40 Å². The van der Waals surface area contributed by atoms with E-state index in [4.69, 9.17) is 1.37 Å². The van der Waals surface area contributed by atoms with Crippen molar-refractivity contribution in [2.45, 2.75) is 25.7 Å². The van der Waals surface area contributed by atoms with E-state index >= 15 is 0 Å². The average Bonchev–Trinajstić information content (AvgIpc) is 2.41. The highest BCUT2D eigenvalue weighted by Gasteiger charge is 1.94. The van der Waals surface area contributed by atoms with Gasteiger partial charge in [-0.15, -0.1) is 0 Å². The van der Waals surface area contributed by atoms with Crippen molar-refractivity contribution in [3.8, 4) is 0 Å². The molecular formula is C16H18. The summed E-state index contributed by atoms with van der Waals surface area (Å²) in [5.41, 5.74) is 2.49. The normalized spacial score (nSPS) is 13.1. The summed E-state index contributed by atoms with van der Waals surface area (Å²) >= 11 is 0. The molecule has 0 N–H and O–H groups in total. The van der Waals surface area contributed by atoms with Crippen molar-refractivity contribution in [3.63, 3.8) is 0 Å². The molecule has 82 valence electrons. The molecule has 2 aromatic carbocycles. The van der Waals surface area contributed by atoms with Gasteiger partial charge in [-0.3, -0.25) is 0 Å². The molecule has 2 rings (SSSR count). The fourth-order valence-electron chi connectivity index (χ4n) is 1.81. The minimum absolute atomic E-state index is 0.0834. The second kappa shape index (κ2) is 6.12. The average molecular weight is 211 g/mol. The first-order valence-corrected chi connectivity index (χ1v) is 5.87. The summed E-state index contributed by atoms with van der Waals surface area (Å²) in [6.45, 7) is 0. The van der Waals surface area contributed by atoms with Crippen molar-refractivity contribution in [2.75, 3.05) is 0 Å². The lowest BCUT2D eigenvalue weighted by atomic mass is 10.0. The van der Waals surface area contributed by atoms with Gasteiger partial charge in [0.2, 0.25) is 0 Å². The van der Waals surface area contributed by atoms with Crippen LogP contribution >= 0.6 is 0 Å². The van der Waals surface area contributed by atoms with Crippen molar-refractivity contribution in [1.82, 2.24) is 0 Å². The first-order chi connectivity index (χ1) is 8.36. The van der Waals surface area contributed by atoms with Crippen LogP contribution in [0.5, 0.6) is 0 Å². The number of aryl methyl sites for hydroxylation is 2. The van der Waals surface area contributed by atoms with E-state index in [2.05, 4.69) is 24.3 Å². The van der Waals surface area contributed by atoms with Crippen LogP contribution in [0.2, 0.25) is 0 Å². The molecule has 0 bridgehead atoms. The van der Waals surface area contributed by atoms with Crippen molar-refractivity contribution in [3.05, 3.63) is 71.8 Å². The quantitative estimate of drug-likeness (QED) is 0.693. The number of rotatable bonds is 5. The molecule has 0 amide bonds. The second-order valence-corrected chi connectivity index (χ2v) is 3.99. The maximum absolute atomic E-state index is 8.08. The van der Waals surface area contributed by atoms with Crippen LogP contribution in [0.4, 0.5) is 0 Å². The summed E-state index contributed by atoms with van der Waals surface area (Å²) in [4.78, 5) is 0. The Morgan fingerprint density at radius 1 is 0.688 bits per heavy atom. The smallest absolute Gasteiger partial charge is 0.0316 e. The lowest BCUT2D eigenvalue weighted by Crippen LogP contribution is -1.88. The van der Waals surface area contributed by atoms with E-state index in [1.165, 1.54) is 5.56 Å². The van der Waals surface area contributed by atoms with Gasteiger partial charge in [0.05, 0.1) is 0 Å². The van der Waals surface area contributed by atoms with Crippen LogP contribution in [0.1, 0.15) is 25.3 Å². The van der Waals surface area contributed by atoms with Gasteiger partial charge < -0.3 is 0 Å². The third-order valence-corrected chi connectivity index (χ3v) is 2.69. The molecule has 0 aliphatic rings. The Kier molecular flexibility index (Phi) is 3.69. The lowest BCUT2D eigenvalue weighted by molar-refractivity contribution is 0.734. The summed E-state index contributed by atoms with van der Waals surface area (Å²) in [6, 6.07) is 20.6. The third kappa shape index (κ3) is 3.54. The third-order valence-electron chi connectivity index (χ3n) is 2.69. The van der Waals surface area contributed by atoms with Crippen molar-refractivity contribution >= 4 is 0 Å². The van der Waals surface area contributed by atoms with Crippen LogP contribution in [0, 0.1) is 0 Å². The van der Waals surface area contributed by atoms with Gasteiger partial charge in [0.25, 0.3) is 0 Å². The van der Waals surface area contributed by atoms with E-state index in [0.717, 1.165) is 24.8 Å². The molecule has 0 heterocycles. The molecular weight excluding hydrogens is 192 g/mol. The van der Waals surface area contributed by atoms with Gasteiger partial charge in [-0.05, 0) is 36.8 Å². The second-order valence-electron chi connectivity index (χ2n) is 3.99. The van der Waals surface area contributed by atoms with Crippen LogP contribution in [0.3, 0.4) is 0 Å². The lowest BCUT2D eigenvalue weighted by Gasteiger charge is -2.02. The van der Waals surface area contributed by atoms with E-state index < -0.39 is 0 Å². The Morgan fingerprint density at radius 3 is 1.88 bits per heavy atom. The van der Waals surface area contributed by atoms with Gasteiger partial charge in [-0.25, -0.2) is 0 Å². The highest BCUT2D eigenvalue weighted by atomic mass is 14.0. The molecule has 0 saturated heterocycles. The Morgan fingerprint density at radius 2 is 1.25 bits per heavy atom. The Hall–Kier alpha value is -1.56. The molecule has 0 radical (unpaired) electrons. The fourth-order valence-corrected chi connectivity index (χ4v) is 1.81. The molecule has 0 aromatic heterocycles. The van der Waals surface area contributed by atoms with Crippen molar-refractivity contribution in [1.29, 1.82) is 0 Å². The van der Waals surface area contributed by atoms with Gasteiger partial charge in [0.1, 0.15) is 0 Å². The molecule has 0 aliphatic carbocycles. The molecule has 16 heavy (non-hydrogen) atoms. The van der Waals surface area contributed by atoms with Gasteiger partial charge in [-0.2, -0.15) is 0 Å². The highest BCUT2D eigenvalue weighted by molar-refractivity contribution is 5.16. The largest absolute Gasteiger partial charge is 0.0622 e. The molecule has 0 aliphatic heterocycles. The van der Waals surface area contributed by atoms with E-state index in [1.54, 1.807) is 0 Å². The zero-order valence-electron chi connectivity index (χ0n) is 10.5. The van der Waals surface area contributed by atoms with Gasteiger partial charge >= 0.3 is 0 Å². The summed E-state index contributed by atoms with van der Waals surface area (Å²) in [5.74, 6) is 0. The minimum Gasteiger partial charge on any atom is -0.0622 e. The van der Waals surface area contributed by atoms with Gasteiger partial charge in [-0.1, -0.05) is 60.7 Å². The van der Waals surface area contributed by atoms with Gasteiger partial charge in [0.15, 0.2) is 0 Å². The SMILES string of the molecule is [2H][C@@H](CCCc1ccccc1)c1ccccc1. The fraction of sp³-hybridized carbons (Fsp3) is 0.250. The first-order valence-electron chi connectivity index (χ1n) is 6.45. The maximum atomic E-state index is 8.08. The molecule has 0 saturated carbocycles. The molecule has 0 nitrogen and oxygen atoms in total. The summed E-state index contributed by atoms with van der Waals surface area (Å²) < 4.78 is 8.08. The Bertz CT molecular complexity index is 422. The molecule has 1 atom stereocenters. The van der Waals surface area contributed by atoms with Crippen molar-refractivity contribution < 1.29 is 1.37 Å². The predicted octanol–water partition coefficient (Wildman–Crippen LogP) is 4.25. The maximum Gasteiger partial charge on any atom is 0.0316 e. The van der Waals surface area contributed by atoms with Crippen LogP contribution in [-0.2, 0) is 12.8 Å². The predicted molar refractivity (Wildman–Crippen MR) is 69.5 cm³/mol. The molecule has 0 unspecified atom stereocenters. The number of hydrogen-bond donors (Lipinski definition) is 0. The molecule has 0 heteroatoms. The summed E-state index contributed by atoms with van der Waals surface area (Å²) in [6.07, 6.45) is 2.99.